The molecular weight excluding hydrogens is 320 g/mol. The smallest absolute Gasteiger partial charge is 0.133 e. The number of carbonyl (C=O) groups excluding carboxylic acids is 1. The Balaban J connectivity index is 0.000000948. The number of hydrogen-bond donors (Lipinski definition) is 1. The Hall–Kier alpha value is -0.370. The summed E-state index contributed by atoms with van der Waals surface area (Å²) in [5.74, 6) is 4.07. The van der Waals surface area contributed by atoms with Crippen molar-refractivity contribution in [2.75, 3.05) is 0 Å². The molecule has 4 rings (SSSR count). The maximum atomic E-state index is 12.0. The summed E-state index contributed by atoms with van der Waals surface area (Å²) in [4.78, 5) is 12.0. The summed E-state index contributed by atoms with van der Waals surface area (Å²) in [5.41, 5.74) is 0.187. The third-order valence-corrected chi connectivity index (χ3v) is 9.33. The van der Waals surface area contributed by atoms with Crippen LogP contribution in [0.5, 0.6) is 0 Å². The van der Waals surface area contributed by atoms with Crippen molar-refractivity contribution >= 4 is 5.78 Å². The van der Waals surface area contributed by atoms with E-state index >= 15 is 0 Å². The van der Waals surface area contributed by atoms with Gasteiger partial charge in [-0.1, -0.05) is 27.7 Å². The molecule has 4 aliphatic carbocycles. The summed E-state index contributed by atoms with van der Waals surface area (Å²) < 4.78 is 0. The van der Waals surface area contributed by atoms with Gasteiger partial charge in [-0.25, -0.2) is 0 Å². The quantitative estimate of drug-likeness (QED) is 0.620. The molecule has 0 aromatic carbocycles. The highest BCUT2D eigenvalue weighted by Crippen LogP contribution is 2.68. The van der Waals surface area contributed by atoms with Crippen molar-refractivity contribution in [3.8, 4) is 0 Å². The molecule has 2 heteroatoms. The van der Waals surface area contributed by atoms with E-state index in [2.05, 4.69) is 13.8 Å². The van der Waals surface area contributed by atoms with Crippen LogP contribution in [0.25, 0.3) is 0 Å². The van der Waals surface area contributed by atoms with E-state index in [1.807, 2.05) is 27.7 Å². The van der Waals surface area contributed by atoms with E-state index in [0.29, 0.717) is 28.4 Å². The Morgan fingerprint density at radius 1 is 0.923 bits per heavy atom. The molecule has 4 saturated carbocycles. The maximum absolute atomic E-state index is 12.0. The van der Waals surface area contributed by atoms with Crippen LogP contribution >= 0.6 is 0 Å². The molecule has 0 spiro atoms. The van der Waals surface area contributed by atoms with Gasteiger partial charge in [-0.15, -0.1) is 0 Å². The Morgan fingerprint density at radius 3 is 2.23 bits per heavy atom. The summed E-state index contributed by atoms with van der Waals surface area (Å²) in [7, 11) is 0. The van der Waals surface area contributed by atoms with Crippen LogP contribution in [0.4, 0.5) is 0 Å². The number of carbonyl (C=O) groups is 1. The van der Waals surface area contributed by atoms with Crippen LogP contribution in [0.15, 0.2) is 0 Å². The highest BCUT2D eigenvalue weighted by Gasteiger charge is 2.61. The molecule has 4 fully saturated rings. The van der Waals surface area contributed by atoms with Gasteiger partial charge in [0.2, 0.25) is 0 Å². The fourth-order valence-electron chi connectivity index (χ4n) is 8.21. The Labute approximate surface area is 161 Å². The number of hydrogen-bond acceptors (Lipinski definition) is 2. The van der Waals surface area contributed by atoms with E-state index in [1.54, 1.807) is 0 Å². The van der Waals surface area contributed by atoms with Gasteiger partial charge in [-0.05, 0) is 99.2 Å². The first-order valence-corrected chi connectivity index (χ1v) is 11.4. The lowest BCUT2D eigenvalue weighted by molar-refractivity contribution is -0.145. The van der Waals surface area contributed by atoms with Crippen LogP contribution in [0, 0.1) is 40.4 Å². The highest BCUT2D eigenvalue weighted by atomic mass is 16.3. The topological polar surface area (TPSA) is 37.3 Å². The van der Waals surface area contributed by atoms with E-state index in [9.17, 15) is 9.90 Å². The average molecular weight is 363 g/mol. The van der Waals surface area contributed by atoms with Gasteiger partial charge in [0.1, 0.15) is 5.78 Å². The average Bonchev–Trinajstić information content (AvgIpc) is 2.95. The van der Waals surface area contributed by atoms with Gasteiger partial charge in [0.25, 0.3) is 0 Å². The molecular formula is C24H42O2. The minimum absolute atomic E-state index is 0.326. The van der Waals surface area contributed by atoms with Gasteiger partial charge in [0.15, 0.2) is 0 Å². The predicted molar refractivity (Wildman–Crippen MR) is 108 cm³/mol. The normalized spacial score (nSPS) is 48.0. The molecule has 7 atom stereocenters. The maximum Gasteiger partial charge on any atom is 0.133 e. The van der Waals surface area contributed by atoms with Gasteiger partial charge in [0.05, 0.1) is 5.60 Å². The number of fused-ring (bicyclic) bond motifs is 5. The van der Waals surface area contributed by atoms with Crippen LogP contribution in [0.1, 0.15) is 99.3 Å². The fourth-order valence-corrected chi connectivity index (χ4v) is 8.21. The first-order chi connectivity index (χ1) is 12.2. The van der Waals surface area contributed by atoms with Gasteiger partial charge >= 0.3 is 0 Å². The van der Waals surface area contributed by atoms with Crippen molar-refractivity contribution in [3.05, 3.63) is 0 Å². The third kappa shape index (κ3) is 2.99. The number of ketones is 1. The van der Waals surface area contributed by atoms with E-state index in [1.165, 1.54) is 38.5 Å². The van der Waals surface area contributed by atoms with Crippen molar-refractivity contribution in [2.45, 2.75) is 105 Å². The van der Waals surface area contributed by atoms with Crippen LogP contribution in [-0.2, 0) is 4.79 Å². The molecule has 4 aliphatic rings. The Bertz CT molecular complexity index is 533. The first kappa shape index (κ1) is 20.4. The molecule has 0 aromatic rings. The number of rotatable bonds is 1. The van der Waals surface area contributed by atoms with Crippen molar-refractivity contribution in [3.63, 3.8) is 0 Å². The van der Waals surface area contributed by atoms with Crippen molar-refractivity contribution in [1.29, 1.82) is 0 Å². The predicted octanol–water partition coefficient (Wildman–Crippen LogP) is 6.01. The molecule has 26 heavy (non-hydrogen) atoms. The molecule has 150 valence electrons. The molecule has 0 amide bonds. The van der Waals surface area contributed by atoms with E-state index in [-0.39, 0.29) is 0 Å². The van der Waals surface area contributed by atoms with Gasteiger partial charge in [-0.3, -0.25) is 4.79 Å². The second-order valence-corrected chi connectivity index (χ2v) is 10.7. The lowest BCUT2D eigenvalue weighted by Gasteiger charge is -2.60. The second-order valence-electron chi connectivity index (χ2n) is 10.7. The molecule has 1 N–H and O–H groups in total. The van der Waals surface area contributed by atoms with E-state index in [4.69, 9.17) is 0 Å². The molecule has 0 heterocycles. The Kier molecular flexibility index (Phi) is 5.41. The van der Waals surface area contributed by atoms with Crippen molar-refractivity contribution in [2.24, 2.45) is 40.4 Å². The van der Waals surface area contributed by atoms with Crippen molar-refractivity contribution in [1.82, 2.24) is 0 Å². The SMILES string of the molecule is CC.CC(C)(O)[C@H]1CCC2C3CC[C@H]4CC(=O)CC[C@]4(C)C3CC[C@@]21C. The van der Waals surface area contributed by atoms with Gasteiger partial charge in [0, 0.05) is 12.8 Å². The van der Waals surface area contributed by atoms with Crippen LogP contribution in [0.2, 0.25) is 0 Å². The van der Waals surface area contributed by atoms with Gasteiger partial charge in [-0.2, -0.15) is 0 Å². The van der Waals surface area contributed by atoms with E-state index < -0.39 is 5.60 Å². The lowest BCUT2D eigenvalue weighted by atomic mass is 9.44. The van der Waals surface area contributed by atoms with Crippen LogP contribution < -0.4 is 0 Å². The zero-order valence-corrected chi connectivity index (χ0v) is 18.1. The molecule has 3 unspecified atom stereocenters. The lowest BCUT2D eigenvalue weighted by Crippen LogP contribution is -2.54. The summed E-state index contributed by atoms with van der Waals surface area (Å²) in [6.45, 7) is 13.1. The molecule has 0 radical (unpaired) electrons. The standard InChI is InChI=1S/C22H36O2.C2H6/c1-20(2,24)19-8-7-17-16-6-5-14-13-15(23)9-11-21(14,3)18(16)10-12-22(17,19)4;1-2/h14,16-19,24H,5-13H2,1-4H3;1-2H3/t14-,16?,17?,18?,19+,21-,22-;/m0./s1. The molecule has 0 aromatic heterocycles. The first-order valence-electron chi connectivity index (χ1n) is 11.4. The number of aliphatic hydroxyl groups is 1. The minimum Gasteiger partial charge on any atom is -0.390 e. The summed E-state index contributed by atoms with van der Waals surface area (Å²) >= 11 is 0. The molecule has 2 nitrogen and oxygen atoms in total. The zero-order valence-electron chi connectivity index (χ0n) is 18.1. The van der Waals surface area contributed by atoms with E-state index in [0.717, 1.165) is 37.0 Å². The van der Waals surface area contributed by atoms with Crippen LogP contribution in [-0.4, -0.2) is 16.5 Å². The molecule has 0 aliphatic heterocycles. The second kappa shape index (κ2) is 6.90. The van der Waals surface area contributed by atoms with Crippen LogP contribution in [0.3, 0.4) is 0 Å². The molecule has 0 bridgehead atoms. The molecule has 0 saturated heterocycles. The summed E-state index contributed by atoms with van der Waals surface area (Å²) in [5, 5.41) is 10.7. The summed E-state index contributed by atoms with van der Waals surface area (Å²) in [6, 6.07) is 0. The monoisotopic (exact) mass is 362 g/mol. The third-order valence-electron chi connectivity index (χ3n) is 9.33. The zero-order chi connectivity index (χ0) is 19.3. The van der Waals surface area contributed by atoms with Crippen molar-refractivity contribution < 1.29 is 9.90 Å². The largest absolute Gasteiger partial charge is 0.390 e. The summed E-state index contributed by atoms with van der Waals surface area (Å²) in [6.07, 6.45) is 10.5. The fraction of sp³-hybridized carbons (Fsp3) is 0.958. The van der Waals surface area contributed by atoms with Gasteiger partial charge < -0.3 is 5.11 Å². The number of Topliss-reactive ketones (excluding diaryl/α,β-unsaturated/α-hetero) is 1. The Morgan fingerprint density at radius 2 is 1.58 bits per heavy atom. The minimum atomic E-state index is -0.547. The highest BCUT2D eigenvalue weighted by molar-refractivity contribution is 5.79.